The van der Waals surface area contributed by atoms with Gasteiger partial charge in [-0.3, -0.25) is 14.9 Å². The van der Waals surface area contributed by atoms with Gasteiger partial charge in [-0.05, 0) is 34.1 Å². The molecule has 1 aromatic heterocycles. The van der Waals surface area contributed by atoms with Crippen LogP contribution in [0.5, 0.6) is 0 Å². The number of carbonyl (C=O) groups is 1. The van der Waals surface area contributed by atoms with Gasteiger partial charge in [0, 0.05) is 11.5 Å². The summed E-state index contributed by atoms with van der Waals surface area (Å²) in [5.74, 6) is -0.434. The molecule has 0 saturated carbocycles. The van der Waals surface area contributed by atoms with E-state index in [-0.39, 0.29) is 17.0 Å². The smallest absolute Gasteiger partial charge is 0.280 e. The molecule has 0 aliphatic carbocycles. The van der Waals surface area contributed by atoms with Crippen LogP contribution in [0.15, 0.2) is 57.4 Å². The summed E-state index contributed by atoms with van der Waals surface area (Å²) >= 11 is 3.34. The number of ketones is 1. The predicted molar refractivity (Wildman–Crippen MR) is 80.4 cm³/mol. The van der Waals surface area contributed by atoms with Gasteiger partial charge in [-0.15, -0.1) is 0 Å². The zero-order valence-corrected chi connectivity index (χ0v) is 12.2. The summed E-state index contributed by atoms with van der Waals surface area (Å²) in [6.45, 7) is 0. The lowest BCUT2D eigenvalue weighted by molar-refractivity contribution is -0.385. The molecule has 0 atom stereocenters. The molecule has 6 heteroatoms. The third kappa shape index (κ3) is 2.34. The van der Waals surface area contributed by atoms with Gasteiger partial charge < -0.3 is 4.42 Å². The first-order valence-electron chi connectivity index (χ1n) is 6.04. The minimum atomic E-state index is -0.578. The molecule has 0 fully saturated rings. The van der Waals surface area contributed by atoms with Crippen molar-refractivity contribution in [1.29, 1.82) is 0 Å². The molecular weight excluding hydrogens is 338 g/mol. The Morgan fingerprint density at radius 3 is 2.62 bits per heavy atom. The van der Waals surface area contributed by atoms with E-state index in [1.54, 1.807) is 24.3 Å². The van der Waals surface area contributed by atoms with Crippen LogP contribution in [-0.2, 0) is 0 Å². The first-order chi connectivity index (χ1) is 10.1. The van der Waals surface area contributed by atoms with Crippen molar-refractivity contribution in [2.75, 3.05) is 0 Å². The third-order valence-electron chi connectivity index (χ3n) is 3.07. The van der Waals surface area contributed by atoms with Crippen LogP contribution in [0.4, 0.5) is 5.69 Å². The van der Waals surface area contributed by atoms with E-state index >= 15 is 0 Å². The fourth-order valence-electron chi connectivity index (χ4n) is 2.10. The number of carbonyl (C=O) groups excluding carboxylic acids is 1. The lowest BCUT2D eigenvalue weighted by atomic mass is 10.1. The molecule has 0 saturated heterocycles. The Hall–Kier alpha value is -2.47. The molecule has 0 bridgehead atoms. The summed E-state index contributed by atoms with van der Waals surface area (Å²) in [4.78, 5) is 22.9. The molecular formula is C15H8BrNO4. The SMILES string of the molecule is O=C(c1cc2cccc(Br)c2o1)c1ccccc1[N+](=O)[O-]. The molecule has 5 nitrogen and oxygen atoms in total. The van der Waals surface area contributed by atoms with Crippen LogP contribution in [0, 0.1) is 10.1 Å². The van der Waals surface area contributed by atoms with Gasteiger partial charge >= 0.3 is 0 Å². The Labute approximate surface area is 127 Å². The van der Waals surface area contributed by atoms with Gasteiger partial charge in [0.05, 0.1) is 9.40 Å². The van der Waals surface area contributed by atoms with E-state index in [1.165, 1.54) is 18.2 Å². The standard InChI is InChI=1S/C15H8BrNO4/c16-11-6-3-4-9-8-13(21-15(9)11)14(18)10-5-1-2-7-12(10)17(19)20/h1-8H. The summed E-state index contributed by atoms with van der Waals surface area (Å²) in [6, 6.07) is 12.8. The van der Waals surface area contributed by atoms with Gasteiger partial charge in [0.15, 0.2) is 5.76 Å². The predicted octanol–water partition coefficient (Wildman–Crippen LogP) is 4.33. The summed E-state index contributed by atoms with van der Waals surface area (Å²) < 4.78 is 6.25. The van der Waals surface area contributed by atoms with E-state index < -0.39 is 10.7 Å². The fourth-order valence-corrected chi connectivity index (χ4v) is 2.56. The number of rotatable bonds is 3. The van der Waals surface area contributed by atoms with Crippen LogP contribution in [0.2, 0.25) is 0 Å². The number of hydrogen-bond donors (Lipinski definition) is 0. The monoisotopic (exact) mass is 345 g/mol. The number of para-hydroxylation sites is 2. The van der Waals surface area contributed by atoms with Crippen LogP contribution < -0.4 is 0 Å². The van der Waals surface area contributed by atoms with Crippen molar-refractivity contribution in [2.45, 2.75) is 0 Å². The zero-order chi connectivity index (χ0) is 15.0. The highest BCUT2D eigenvalue weighted by molar-refractivity contribution is 9.10. The second kappa shape index (κ2) is 5.14. The Kier molecular flexibility index (Phi) is 3.31. The van der Waals surface area contributed by atoms with Crippen LogP contribution in [0.25, 0.3) is 11.0 Å². The molecule has 0 radical (unpaired) electrons. The van der Waals surface area contributed by atoms with E-state index in [9.17, 15) is 14.9 Å². The number of hydrogen-bond acceptors (Lipinski definition) is 4. The highest BCUT2D eigenvalue weighted by Crippen LogP contribution is 2.29. The molecule has 0 N–H and O–H groups in total. The number of nitro groups is 1. The quantitative estimate of drug-likeness (QED) is 0.402. The molecule has 0 aliphatic heterocycles. The minimum absolute atomic E-state index is 0.0117. The Bertz CT molecular complexity index is 869. The van der Waals surface area contributed by atoms with Gasteiger partial charge in [-0.2, -0.15) is 0 Å². The second-order valence-electron chi connectivity index (χ2n) is 4.37. The van der Waals surface area contributed by atoms with E-state index in [0.717, 1.165) is 9.86 Å². The van der Waals surface area contributed by atoms with Gasteiger partial charge in [0.2, 0.25) is 5.78 Å². The molecule has 0 spiro atoms. The molecule has 0 amide bonds. The molecule has 1 heterocycles. The summed E-state index contributed by atoms with van der Waals surface area (Å²) in [5, 5.41) is 11.8. The number of furan rings is 1. The maximum Gasteiger partial charge on any atom is 0.280 e. The Balaban J connectivity index is 2.13. The molecule has 0 unspecified atom stereocenters. The van der Waals surface area contributed by atoms with E-state index in [0.29, 0.717) is 5.58 Å². The van der Waals surface area contributed by atoms with E-state index in [1.807, 2.05) is 6.07 Å². The molecule has 3 aromatic rings. The average Bonchev–Trinajstić information content (AvgIpc) is 2.92. The molecule has 3 rings (SSSR count). The third-order valence-corrected chi connectivity index (χ3v) is 3.69. The lowest BCUT2D eigenvalue weighted by Crippen LogP contribution is -2.04. The van der Waals surface area contributed by atoms with Gasteiger partial charge in [0.25, 0.3) is 5.69 Å². The number of nitrogens with zero attached hydrogens (tertiary/aromatic N) is 1. The van der Waals surface area contributed by atoms with Crippen molar-refractivity contribution in [3.05, 3.63) is 74.4 Å². The lowest BCUT2D eigenvalue weighted by Gasteiger charge is -1.99. The van der Waals surface area contributed by atoms with Crippen molar-refractivity contribution >= 4 is 38.4 Å². The minimum Gasteiger partial charge on any atom is -0.451 e. The highest BCUT2D eigenvalue weighted by atomic mass is 79.9. The summed E-state index contributed by atoms with van der Waals surface area (Å²) in [5.41, 5.74) is 0.319. The Morgan fingerprint density at radius 1 is 1.14 bits per heavy atom. The van der Waals surface area contributed by atoms with Crippen molar-refractivity contribution in [3.8, 4) is 0 Å². The van der Waals surface area contributed by atoms with Crippen LogP contribution >= 0.6 is 15.9 Å². The number of fused-ring (bicyclic) bond motifs is 1. The van der Waals surface area contributed by atoms with Crippen molar-refractivity contribution in [3.63, 3.8) is 0 Å². The number of benzene rings is 2. The van der Waals surface area contributed by atoms with Crippen LogP contribution in [-0.4, -0.2) is 10.7 Å². The van der Waals surface area contributed by atoms with Gasteiger partial charge in [-0.1, -0.05) is 24.3 Å². The average molecular weight is 346 g/mol. The Morgan fingerprint density at radius 2 is 1.90 bits per heavy atom. The van der Waals surface area contributed by atoms with Gasteiger partial charge in [0.1, 0.15) is 11.1 Å². The first-order valence-corrected chi connectivity index (χ1v) is 6.83. The largest absolute Gasteiger partial charge is 0.451 e. The van der Waals surface area contributed by atoms with Crippen LogP contribution in [0.1, 0.15) is 16.1 Å². The summed E-state index contributed by atoms with van der Waals surface area (Å²) in [7, 11) is 0. The van der Waals surface area contributed by atoms with E-state index in [4.69, 9.17) is 4.42 Å². The fraction of sp³-hybridized carbons (Fsp3) is 0. The topological polar surface area (TPSA) is 73.3 Å². The number of nitro benzene ring substituents is 1. The normalized spacial score (nSPS) is 10.7. The first kappa shape index (κ1) is 13.5. The summed E-state index contributed by atoms with van der Waals surface area (Å²) in [6.07, 6.45) is 0. The van der Waals surface area contributed by atoms with Gasteiger partial charge in [-0.25, -0.2) is 0 Å². The second-order valence-corrected chi connectivity index (χ2v) is 5.23. The maximum absolute atomic E-state index is 12.4. The highest BCUT2D eigenvalue weighted by Gasteiger charge is 2.23. The van der Waals surface area contributed by atoms with Crippen molar-refractivity contribution in [1.82, 2.24) is 0 Å². The molecule has 104 valence electrons. The molecule has 0 aliphatic rings. The van der Waals surface area contributed by atoms with Crippen LogP contribution in [0.3, 0.4) is 0 Å². The number of halogens is 1. The molecule has 2 aromatic carbocycles. The van der Waals surface area contributed by atoms with Crippen molar-refractivity contribution < 1.29 is 14.1 Å². The maximum atomic E-state index is 12.4. The molecule has 21 heavy (non-hydrogen) atoms. The van der Waals surface area contributed by atoms with E-state index in [2.05, 4.69) is 15.9 Å². The van der Waals surface area contributed by atoms with Crippen molar-refractivity contribution in [2.24, 2.45) is 0 Å². The zero-order valence-electron chi connectivity index (χ0n) is 10.6.